The van der Waals surface area contributed by atoms with Gasteiger partial charge in [-0.25, -0.2) is 9.97 Å². The summed E-state index contributed by atoms with van der Waals surface area (Å²) in [4.78, 5) is 18.9. The Morgan fingerprint density at radius 3 is 2.88 bits per heavy atom. The molecule has 0 unspecified atom stereocenters. The maximum Gasteiger partial charge on any atom is 0.222 e. The van der Waals surface area contributed by atoms with Crippen molar-refractivity contribution in [3.05, 3.63) is 48.4 Å². The van der Waals surface area contributed by atoms with E-state index in [4.69, 9.17) is 4.74 Å². The van der Waals surface area contributed by atoms with Crippen LogP contribution in [-0.4, -0.2) is 15.8 Å². The molecule has 0 aliphatic carbocycles. The standard InChI is InChI=1S/C12H10N2O2/c1-9(15)10-3-2-4-11(7-10)16-12-5-6-13-8-14-12/h2-8H,1H3. The van der Waals surface area contributed by atoms with E-state index >= 15 is 0 Å². The molecular weight excluding hydrogens is 204 g/mol. The second kappa shape index (κ2) is 4.53. The first-order valence-corrected chi connectivity index (χ1v) is 4.80. The van der Waals surface area contributed by atoms with Gasteiger partial charge in [0.15, 0.2) is 5.78 Å². The molecule has 4 heteroatoms. The molecule has 0 fully saturated rings. The minimum absolute atomic E-state index is 0.00753. The van der Waals surface area contributed by atoms with Gasteiger partial charge in [0.25, 0.3) is 0 Å². The molecule has 1 aromatic carbocycles. The van der Waals surface area contributed by atoms with E-state index in [1.54, 1.807) is 36.5 Å². The van der Waals surface area contributed by atoms with E-state index in [1.165, 1.54) is 13.3 Å². The van der Waals surface area contributed by atoms with Crippen molar-refractivity contribution in [2.24, 2.45) is 0 Å². The third-order valence-corrected chi connectivity index (χ3v) is 2.02. The van der Waals surface area contributed by atoms with Crippen molar-refractivity contribution in [3.8, 4) is 11.6 Å². The SMILES string of the molecule is CC(=O)c1cccc(Oc2ccncn2)c1. The normalized spacial score (nSPS) is 9.81. The number of rotatable bonds is 3. The van der Waals surface area contributed by atoms with Crippen LogP contribution in [0.1, 0.15) is 17.3 Å². The predicted octanol–water partition coefficient (Wildman–Crippen LogP) is 2.47. The van der Waals surface area contributed by atoms with Crippen LogP contribution in [0.15, 0.2) is 42.9 Å². The van der Waals surface area contributed by atoms with Crippen LogP contribution in [0.25, 0.3) is 0 Å². The van der Waals surface area contributed by atoms with Gasteiger partial charge in [0, 0.05) is 17.8 Å². The number of carbonyl (C=O) groups excluding carboxylic acids is 1. The van der Waals surface area contributed by atoms with Crippen LogP contribution in [0.4, 0.5) is 0 Å². The summed E-state index contributed by atoms with van der Waals surface area (Å²) in [5.41, 5.74) is 0.617. The van der Waals surface area contributed by atoms with Crippen molar-refractivity contribution < 1.29 is 9.53 Å². The highest BCUT2D eigenvalue weighted by Crippen LogP contribution is 2.19. The number of hydrogen-bond donors (Lipinski definition) is 0. The van der Waals surface area contributed by atoms with Gasteiger partial charge in [0.2, 0.25) is 5.88 Å². The van der Waals surface area contributed by atoms with Gasteiger partial charge < -0.3 is 4.74 Å². The highest BCUT2D eigenvalue weighted by molar-refractivity contribution is 5.94. The van der Waals surface area contributed by atoms with Gasteiger partial charge in [-0.3, -0.25) is 4.79 Å². The zero-order chi connectivity index (χ0) is 11.4. The molecule has 0 N–H and O–H groups in total. The first-order valence-electron chi connectivity index (χ1n) is 4.80. The number of nitrogens with zero attached hydrogens (tertiary/aromatic N) is 2. The Kier molecular flexibility index (Phi) is 2.91. The Morgan fingerprint density at radius 2 is 2.19 bits per heavy atom. The third kappa shape index (κ3) is 2.42. The molecule has 0 atom stereocenters. The average Bonchev–Trinajstić information content (AvgIpc) is 2.30. The average molecular weight is 214 g/mol. The summed E-state index contributed by atoms with van der Waals surface area (Å²) in [5.74, 6) is 1.05. The molecule has 2 rings (SSSR count). The molecule has 0 aliphatic heterocycles. The van der Waals surface area contributed by atoms with Crippen molar-refractivity contribution in [1.82, 2.24) is 9.97 Å². The van der Waals surface area contributed by atoms with Gasteiger partial charge >= 0.3 is 0 Å². The molecule has 1 heterocycles. The number of hydrogen-bond acceptors (Lipinski definition) is 4. The Balaban J connectivity index is 2.22. The van der Waals surface area contributed by atoms with Crippen LogP contribution in [0.3, 0.4) is 0 Å². The number of aromatic nitrogens is 2. The summed E-state index contributed by atoms with van der Waals surface area (Å²) >= 11 is 0. The molecular formula is C12H10N2O2. The molecule has 1 aromatic heterocycles. The van der Waals surface area contributed by atoms with E-state index in [2.05, 4.69) is 9.97 Å². The summed E-state index contributed by atoms with van der Waals surface area (Å²) in [5, 5.41) is 0. The molecule has 0 amide bonds. The minimum Gasteiger partial charge on any atom is -0.439 e. The van der Waals surface area contributed by atoms with E-state index in [0.717, 1.165) is 0 Å². The maximum atomic E-state index is 11.2. The van der Waals surface area contributed by atoms with Crippen molar-refractivity contribution >= 4 is 5.78 Å². The summed E-state index contributed by atoms with van der Waals surface area (Å²) in [6.45, 7) is 1.52. The van der Waals surface area contributed by atoms with E-state index in [-0.39, 0.29) is 5.78 Å². The van der Waals surface area contributed by atoms with Gasteiger partial charge in [-0.05, 0) is 19.1 Å². The largest absolute Gasteiger partial charge is 0.439 e. The van der Waals surface area contributed by atoms with Gasteiger partial charge in [-0.15, -0.1) is 0 Å². The van der Waals surface area contributed by atoms with E-state index < -0.39 is 0 Å². The molecule has 4 nitrogen and oxygen atoms in total. The fraction of sp³-hybridized carbons (Fsp3) is 0.0833. The molecule has 0 saturated heterocycles. The quantitative estimate of drug-likeness (QED) is 0.736. The van der Waals surface area contributed by atoms with Crippen molar-refractivity contribution in [3.63, 3.8) is 0 Å². The number of ether oxygens (including phenoxy) is 1. The molecule has 16 heavy (non-hydrogen) atoms. The van der Waals surface area contributed by atoms with Crippen molar-refractivity contribution in [2.45, 2.75) is 6.92 Å². The molecule has 0 aliphatic rings. The summed E-state index contributed by atoms with van der Waals surface area (Å²) in [6.07, 6.45) is 3.00. The van der Waals surface area contributed by atoms with Crippen LogP contribution in [-0.2, 0) is 0 Å². The van der Waals surface area contributed by atoms with Crippen molar-refractivity contribution in [1.29, 1.82) is 0 Å². The number of carbonyl (C=O) groups is 1. The summed E-state index contributed by atoms with van der Waals surface area (Å²) in [7, 11) is 0. The highest BCUT2D eigenvalue weighted by atomic mass is 16.5. The van der Waals surface area contributed by atoms with Gasteiger partial charge in [0.05, 0.1) is 0 Å². The van der Waals surface area contributed by atoms with Gasteiger partial charge in [0.1, 0.15) is 12.1 Å². The molecule has 2 aromatic rings. The molecule has 0 spiro atoms. The highest BCUT2D eigenvalue weighted by Gasteiger charge is 2.02. The minimum atomic E-state index is 0.00753. The lowest BCUT2D eigenvalue weighted by atomic mass is 10.1. The Morgan fingerprint density at radius 1 is 1.31 bits per heavy atom. The number of ketones is 1. The lowest BCUT2D eigenvalue weighted by Gasteiger charge is -2.04. The molecule has 0 saturated carbocycles. The van der Waals surface area contributed by atoms with Crippen LogP contribution in [0.2, 0.25) is 0 Å². The maximum absolute atomic E-state index is 11.2. The van der Waals surface area contributed by atoms with E-state index in [0.29, 0.717) is 17.2 Å². The van der Waals surface area contributed by atoms with Crippen molar-refractivity contribution in [2.75, 3.05) is 0 Å². The van der Waals surface area contributed by atoms with Gasteiger partial charge in [-0.2, -0.15) is 0 Å². The third-order valence-electron chi connectivity index (χ3n) is 2.02. The fourth-order valence-corrected chi connectivity index (χ4v) is 1.24. The lowest BCUT2D eigenvalue weighted by molar-refractivity contribution is 0.101. The predicted molar refractivity (Wildman–Crippen MR) is 58.6 cm³/mol. The molecule has 0 radical (unpaired) electrons. The fourth-order valence-electron chi connectivity index (χ4n) is 1.24. The monoisotopic (exact) mass is 214 g/mol. The first kappa shape index (κ1) is 10.3. The van der Waals surface area contributed by atoms with Crippen LogP contribution in [0.5, 0.6) is 11.6 Å². The zero-order valence-electron chi connectivity index (χ0n) is 8.75. The van der Waals surface area contributed by atoms with Crippen LogP contribution < -0.4 is 4.74 Å². The number of Topliss-reactive ketones (excluding diaryl/α,β-unsaturated/α-hetero) is 1. The summed E-state index contributed by atoms with van der Waals surface area (Å²) in [6, 6.07) is 8.63. The lowest BCUT2D eigenvalue weighted by Crippen LogP contribution is -1.93. The van der Waals surface area contributed by atoms with E-state index in [1.807, 2.05) is 0 Å². The number of benzene rings is 1. The second-order valence-corrected chi connectivity index (χ2v) is 3.23. The van der Waals surface area contributed by atoms with Gasteiger partial charge in [-0.1, -0.05) is 12.1 Å². The Bertz CT molecular complexity index is 497. The first-order chi connectivity index (χ1) is 7.75. The van der Waals surface area contributed by atoms with E-state index in [9.17, 15) is 4.79 Å². The Labute approximate surface area is 92.9 Å². The Hall–Kier alpha value is -2.23. The van der Waals surface area contributed by atoms with Crippen LogP contribution in [0, 0.1) is 0 Å². The molecule has 0 bridgehead atoms. The molecule has 80 valence electrons. The van der Waals surface area contributed by atoms with Crippen LogP contribution >= 0.6 is 0 Å². The summed E-state index contributed by atoms with van der Waals surface area (Å²) < 4.78 is 5.47. The smallest absolute Gasteiger partial charge is 0.222 e. The topological polar surface area (TPSA) is 52.1 Å². The zero-order valence-corrected chi connectivity index (χ0v) is 8.75. The second-order valence-electron chi connectivity index (χ2n) is 3.23.